The van der Waals surface area contributed by atoms with Crippen molar-refractivity contribution in [1.29, 1.82) is 0 Å². The Hall–Kier alpha value is -2.33. The highest BCUT2D eigenvalue weighted by atomic mass is 16.5. The van der Waals surface area contributed by atoms with Gasteiger partial charge in [-0.15, -0.1) is 0 Å². The quantitative estimate of drug-likeness (QED) is 0.864. The van der Waals surface area contributed by atoms with Crippen LogP contribution in [-0.2, 0) is 9.53 Å². The summed E-state index contributed by atoms with van der Waals surface area (Å²) >= 11 is 0. The van der Waals surface area contributed by atoms with Crippen LogP contribution in [0.4, 0.5) is 0 Å². The van der Waals surface area contributed by atoms with Crippen molar-refractivity contribution in [3.63, 3.8) is 0 Å². The maximum Gasteiger partial charge on any atom is 0.322 e. The average Bonchev–Trinajstić information content (AvgIpc) is 2.52. The van der Waals surface area contributed by atoms with Gasteiger partial charge in [0.05, 0.1) is 6.61 Å². The maximum absolute atomic E-state index is 12.4. The molecule has 4 nitrogen and oxygen atoms in total. The number of aliphatic hydroxyl groups excluding tert-OH is 1. The molecule has 3 rings (SSSR count). The third-order valence-electron chi connectivity index (χ3n) is 4.26. The van der Waals surface area contributed by atoms with Gasteiger partial charge >= 0.3 is 5.97 Å². The summed E-state index contributed by atoms with van der Waals surface area (Å²) in [5.41, 5.74) is -0.728. The lowest BCUT2D eigenvalue weighted by atomic mass is 9.76. The molecule has 1 heterocycles. The molecule has 1 aliphatic rings. The lowest BCUT2D eigenvalue weighted by Gasteiger charge is -2.38. The summed E-state index contributed by atoms with van der Waals surface area (Å²) in [6.07, 6.45) is -1.08. The highest BCUT2D eigenvalue weighted by molar-refractivity contribution is 5.91. The van der Waals surface area contributed by atoms with Crippen molar-refractivity contribution in [2.75, 3.05) is 6.61 Å². The maximum atomic E-state index is 12.4. The molecule has 4 heteroatoms. The average molecular weight is 298 g/mol. The van der Waals surface area contributed by atoms with Crippen molar-refractivity contribution in [1.82, 2.24) is 0 Å². The first-order valence-electron chi connectivity index (χ1n) is 7.24. The van der Waals surface area contributed by atoms with E-state index in [0.29, 0.717) is 11.3 Å². The zero-order valence-electron chi connectivity index (χ0n) is 12.6. The predicted molar refractivity (Wildman–Crippen MR) is 83.4 cm³/mol. The second kappa shape index (κ2) is 5.14. The number of rotatable bonds is 2. The normalized spacial score (nSPS) is 23.8. The van der Waals surface area contributed by atoms with Crippen LogP contribution in [0, 0.1) is 5.41 Å². The van der Waals surface area contributed by atoms with Gasteiger partial charge < -0.3 is 14.6 Å². The van der Waals surface area contributed by atoms with E-state index in [9.17, 15) is 9.90 Å². The largest absolute Gasteiger partial charge is 0.465 e. The van der Waals surface area contributed by atoms with E-state index in [1.54, 1.807) is 19.9 Å². The second-order valence-corrected chi connectivity index (χ2v) is 5.55. The monoisotopic (exact) mass is 298 g/mol. The first-order chi connectivity index (χ1) is 10.5. The molecule has 1 aliphatic heterocycles. The molecule has 2 atom stereocenters. The molecular formula is C18H18O4. The topological polar surface area (TPSA) is 55.8 Å². The van der Waals surface area contributed by atoms with Gasteiger partial charge in [-0.3, -0.25) is 4.79 Å². The molecule has 0 radical (unpaired) electrons. The Morgan fingerprint density at radius 3 is 2.82 bits per heavy atom. The van der Waals surface area contributed by atoms with Crippen LogP contribution in [0.15, 0.2) is 48.7 Å². The van der Waals surface area contributed by atoms with Crippen LogP contribution in [-0.4, -0.2) is 17.7 Å². The van der Waals surface area contributed by atoms with E-state index in [0.717, 1.165) is 10.8 Å². The molecule has 0 bridgehead atoms. The number of hydrogen-bond donors (Lipinski definition) is 1. The van der Waals surface area contributed by atoms with Crippen LogP contribution >= 0.6 is 0 Å². The van der Waals surface area contributed by atoms with Gasteiger partial charge in [-0.1, -0.05) is 36.9 Å². The summed E-state index contributed by atoms with van der Waals surface area (Å²) in [5.74, 6) is 0.185. The standard InChI is InChI=1S/C18H18O4/c1-4-21-17(20)18(3)11(2)22-14-10-9-12-7-5-6-8-13(12)15(14)16(18)19/h5-10,16,19H,2,4H2,1,3H3. The molecule has 1 N–H and O–H groups in total. The van der Waals surface area contributed by atoms with Crippen molar-refractivity contribution in [3.05, 3.63) is 54.3 Å². The van der Waals surface area contributed by atoms with E-state index in [1.807, 2.05) is 30.3 Å². The van der Waals surface area contributed by atoms with E-state index in [4.69, 9.17) is 9.47 Å². The van der Waals surface area contributed by atoms with Gasteiger partial charge in [0.15, 0.2) is 5.41 Å². The molecule has 2 unspecified atom stereocenters. The summed E-state index contributed by atoms with van der Waals surface area (Å²) in [6, 6.07) is 11.4. The van der Waals surface area contributed by atoms with Crippen molar-refractivity contribution in [2.24, 2.45) is 5.41 Å². The number of benzene rings is 2. The molecule has 22 heavy (non-hydrogen) atoms. The van der Waals surface area contributed by atoms with Crippen LogP contribution in [0.2, 0.25) is 0 Å². The zero-order valence-corrected chi connectivity index (χ0v) is 12.6. The van der Waals surface area contributed by atoms with E-state index in [1.165, 1.54) is 0 Å². The highest BCUT2D eigenvalue weighted by Gasteiger charge is 2.51. The van der Waals surface area contributed by atoms with Gasteiger partial charge in [0.2, 0.25) is 0 Å². The second-order valence-electron chi connectivity index (χ2n) is 5.55. The molecule has 0 amide bonds. The van der Waals surface area contributed by atoms with E-state index < -0.39 is 17.5 Å². The minimum absolute atomic E-state index is 0.196. The van der Waals surface area contributed by atoms with Crippen LogP contribution in [0.1, 0.15) is 25.5 Å². The first-order valence-corrected chi connectivity index (χ1v) is 7.24. The number of esters is 1. The number of ether oxygens (including phenoxy) is 2. The summed E-state index contributed by atoms with van der Waals surface area (Å²) in [5, 5.41) is 12.7. The van der Waals surface area contributed by atoms with E-state index >= 15 is 0 Å². The van der Waals surface area contributed by atoms with E-state index in [2.05, 4.69) is 6.58 Å². The third-order valence-corrected chi connectivity index (χ3v) is 4.26. The number of carbonyl (C=O) groups is 1. The zero-order chi connectivity index (χ0) is 15.9. The molecule has 0 spiro atoms. The van der Waals surface area contributed by atoms with Gasteiger partial charge in [0, 0.05) is 5.56 Å². The Labute approximate surface area is 129 Å². The molecular weight excluding hydrogens is 280 g/mol. The minimum Gasteiger partial charge on any atom is -0.465 e. The number of aliphatic hydroxyl groups is 1. The fourth-order valence-corrected chi connectivity index (χ4v) is 2.83. The van der Waals surface area contributed by atoms with Crippen LogP contribution < -0.4 is 4.74 Å². The number of carbonyl (C=O) groups excluding carboxylic acids is 1. The molecule has 0 saturated heterocycles. The molecule has 0 saturated carbocycles. The lowest BCUT2D eigenvalue weighted by Crippen LogP contribution is -2.42. The van der Waals surface area contributed by atoms with Gasteiger partial charge in [-0.05, 0) is 30.7 Å². The van der Waals surface area contributed by atoms with Crippen LogP contribution in [0.3, 0.4) is 0 Å². The van der Waals surface area contributed by atoms with Crippen molar-refractivity contribution in [3.8, 4) is 5.75 Å². The molecule has 114 valence electrons. The van der Waals surface area contributed by atoms with Gasteiger partial charge in [0.25, 0.3) is 0 Å². The van der Waals surface area contributed by atoms with Crippen molar-refractivity contribution < 1.29 is 19.4 Å². The Morgan fingerprint density at radius 1 is 1.36 bits per heavy atom. The first kappa shape index (κ1) is 14.6. The van der Waals surface area contributed by atoms with Crippen LogP contribution in [0.25, 0.3) is 10.8 Å². The summed E-state index contributed by atoms with van der Waals surface area (Å²) in [6.45, 7) is 7.38. The Kier molecular flexibility index (Phi) is 3.41. The Bertz CT molecular complexity index is 765. The highest BCUT2D eigenvalue weighted by Crippen LogP contribution is 2.51. The fraction of sp³-hybridized carbons (Fsp3) is 0.278. The van der Waals surface area contributed by atoms with Crippen LogP contribution in [0.5, 0.6) is 5.75 Å². The van der Waals surface area contributed by atoms with Crippen molar-refractivity contribution >= 4 is 16.7 Å². The lowest BCUT2D eigenvalue weighted by molar-refractivity contribution is -0.161. The number of hydrogen-bond acceptors (Lipinski definition) is 4. The molecule has 2 aromatic rings. The fourth-order valence-electron chi connectivity index (χ4n) is 2.83. The molecule has 0 aliphatic carbocycles. The molecule has 2 aromatic carbocycles. The Balaban J connectivity index is 2.21. The number of fused-ring (bicyclic) bond motifs is 3. The van der Waals surface area contributed by atoms with Crippen molar-refractivity contribution in [2.45, 2.75) is 20.0 Å². The summed E-state index contributed by atoms with van der Waals surface area (Å²) in [4.78, 5) is 12.4. The SMILES string of the molecule is C=C1Oc2ccc3ccccc3c2C(O)C1(C)C(=O)OCC. The molecule has 0 aromatic heterocycles. The summed E-state index contributed by atoms with van der Waals surface area (Å²) in [7, 11) is 0. The van der Waals surface area contributed by atoms with E-state index in [-0.39, 0.29) is 12.4 Å². The van der Waals surface area contributed by atoms with Gasteiger partial charge in [-0.25, -0.2) is 0 Å². The predicted octanol–water partition coefficient (Wildman–Crippen LogP) is 3.35. The smallest absolute Gasteiger partial charge is 0.322 e. The minimum atomic E-state index is -1.33. The Morgan fingerprint density at radius 2 is 2.09 bits per heavy atom. The summed E-state index contributed by atoms with van der Waals surface area (Å²) < 4.78 is 10.9. The van der Waals surface area contributed by atoms with Gasteiger partial charge in [0.1, 0.15) is 17.6 Å². The van der Waals surface area contributed by atoms with Gasteiger partial charge in [-0.2, -0.15) is 0 Å². The third kappa shape index (κ3) is 1.91. The molecule has 0 fully saturated rings.